The summed E-state index contributed by atoms with van der Waals surface area (Å²) in [6.45, 7) is 5.21. The normalized spacial score (nSPS) is 14.6. The minimum Gasteiger partial charge on any atom is -0.494 e. The number of ether oxygens (including phenoxy) is 3. The predicted molar refractivity (Wildman–Crippen MR) is 118 cm³/mol. The van der Waals surface area contributed by atoms with Gasteiger partial charge in [0, 0.05) is 32.7 Å². The molecule has 0 radical (unpaired) electrons. The molecular formula is C24H29FN2O4. The molecule has 1 saturated heterocycles. The maximum Gasteiger partial charge on any atom is 0.260 e. The number of benzene rings is 2. The Morgan fingerprint density at radius 2 is 1.71 bits per heavy atom. The van der Waals surface area contributed by atoms with Crippen molar-refractivity contribution in [2.45, 2.75) is 13.5 Å². The van der Waals surface area contributed by atoms with Crippen molar-refractivity contribution < 1.29 is 23.4 Å². The van der Waals surface area contributed by atoms with E-state index in [1.165, 1.54) is 13.2 Å². The summed E-state index contributed by atoms with van der Waals surface area (Å²) < 4.78 is 30.0. The van der Waals surface area contributed by atoms with Crippen LogP contribution in [0.1, 0.15) is 18.1 Å². The van der Waals surface area contributed by atoms with Crippen LogP contribution in [0.15, 0.2) is 42.5 Å². The third-order valence-electron chi connectivity index (χ3n) is 5.25. The average Bonchev–Trinajstić information content (AvgIpc) is 2.78. The molecule has 0 bridgehead atoms. The number of nitrogens with zero attached hydrogens (tertiary/aromatic N) is 2. The quantitative estimate of drug-likeness (QED) is 0.643. The third-order valence-corrected chi connectivity index (χ3v) is 5.25. The van der Waals surface area contributed by atoms with E-state index in [9.17, 15) is 9.18 Å². The first-order valence-electron chi connectivity index (χ1n) is 10.3. The first-order valence-corrected chi connectivity index (χ1v) is 10.3. The van der Waals surface area contributed by atoms with Crippen LogP contribution in [0.4, 0.5) is 4.39 Å². The van der Waals surface area contributed by atoms with E-state index in [4.69, 9.17) is 14.2 Å². The largest absolute Gasteiger partial charge is 0.494 e. The lowest BCUT2D eigenvalue weighted by Crippen LogP contribution is -2.49. The minimum absolute atomic E-state index is 0.0387. The molecule has 6 nitrogen and oxygen atoms in total. The summed E-state index contributed by atoms with van der Waals surface area (Å²) in [5, 5.41) is 0. The summed E-state index contributed by atoms with van der Waals surface area (Å²) in [6.07, 6.45) is 3.92. The SMILES string of the molecule is C/C=C/c1ccc(OCC(=O)N2CCN(Cc3ccc(OC)c(F)c3)CC2)c(OC)c1. The van der Waals surface area contributed by atoms with Crippen LogP contribution in [0, 0.1) is 5.82 Å². The van der Waals surface area contributed by atoms with Crippen LogP contribution in [0.2, 0.25) is 0 Å². The molecule has 0 saturated carbocycles. The molecule has 2 aromatic rings. The van der Waals surface area contributed by atoms with Crippen molar-refractivity contribution in [3.63, 3.8) is 0 Å². The molecule has 31 heavy (non-hydrogen) atoms. The zero-order valence-electron chi connectivity index (χ0n) is 18.3. The van der Waals surface area contributed by atoms with Gasteiger partial charge >= 0.3 is 0 Å². The van der Waals surface area contributed by atoms with Crippen molar-refractivity contribution in [2.75, 3.05) is 47.0 Å². The van der Waals surface area contributed by atoms with Crippen molar-refractivity contribution in [3.8, 4) is 17.2 Å². The number of amides is 1. The van der Waals surface area contributed by atoms with Gasteiger partial charge in [0.1, 0.15) is 0 Å². The Kier molecular flexibility index (Phi) is 7.89. The van der Waals surface area contributed by atoms with Crippen molar-refractivity contribution in [2.24, 2.45) is 0 Å². The Morgan fingerprint density at radius 1 is 1.00 bits per heavy atom. The molecule has 0 aromatic heterocycles. The topological polar surface area (TPSA) is 51.2 Å². The lowest BCUT2D eigenvalue weighted by molar-refractivity contribution is -0.135. The first kappa shape index (κ1) is 22.6. The fraction of sp³-hybridized carbons (Fsp3) is 0.375. The summed E-state index contributed by atoms with van der Waals surface area (Å²) in [5.74, 6) is 0.964. The highest BCUT2D eigenvalue weighted by Crippen LogP contribution is 2.28. The van der Waals surface area contributed by atoms with Gasteiger partial charge in [-0.05, 0) is 42.3 Å². The summed E-state index contributed by atoms with van der Waals surface area (Å²) in [6, 6.07) is 10.6. The number of hydrogen-bond donors (Lipinski definition) is 0. The monoisotopic (exact) mass is 428 g/mol. The molecule has 3 rings (SSSR count). The van der Waals surface area contributed by atoms with Gasteiger partial charge in [-0.25, -0.2) is 4.39 Å². The molecule has 166 valence electrons. The van der Waals surface area contributed by atoms with Crippen LogP contribution in [0.25, 0.3) is 6.08 Å². The van der Waals surface area contributed by atoms with E-state index in [1.54, 1.807) is 18.1 Å². The van der Waals surface area contributed by atoms with Gasteiger partial charge in [-0.1, -0.05) is 24.3 Å². The van der Waals surface area contributed by atoms with Gasteiger partial charge in [0.15, 0.2) is 29.7 Å². The van der Waals surface area contributed by atoms with Crippen LogP contribution < -0.4 is 14.2 Å². The van der Waals surface area contributed by atoms with Gasteiger partial charge in [-0.15, -0.1) is 0 Å². The number of carbonyl (C=O) groups is 1. The number of hydrogen-bond acceptors (Lipinski definition) is 5. The van der Waals surface area contributed by atoms with Gasteiger partial charge in [0.05, 0.1) is 14.2 Å². The fourth-order valence-electron chi connectivity index (χ4n) is 3.55. The van der Waals surface area contributed by atoms with Gasteiger partial charge in [0.2, 0.25) is 0 Å². The smallest absolute Gasteiger partial charge is 0.260 e. The van der Waals surface area contributed by atoms with E-state index < -0.39 is 0 Å². The van der Waals surface area contributed by atoms with Crippen LogP contribution >= 0.6 is 0 Å². The lowest BCUT2D eigenvalue weighted by Gasteiger charge is -2.34. The van der Waals surface area contributed by atoms with Crippen LogP contribution in [-0.4, -0.2) is 62.7 Å². The molecule has 0 atom stereocenters. The number of halogens is 1. The van der Waals surface area contributed by atoms with E-state index in [2.05, 4.69) is 4.90 Å². The molecule has 1 aliphatic rings. The molecule has 1 amide bonds. The minimum atomic E-state index is -0.361. The number of rotatable bonds is 8. The first-order chi connectivity index (χ1) is 15.0. The molecule has 0 unspecified atom stereocenters. The lowest BCUT2D eigenvalue weighted by atomic mass is 10.2. The Bertz CT molecular complexity index is 924. The van der Waals surface area contributed by atoms with Gasteiger partial charge in [-0.2, -0.15) is 0 Å². The molecule has 2 aromatic carbocycles. The second-order valence-electron chi connectivity index (χ2n) is 7.32. The van der Waals surface area contributed by atoms with E-state index in [0.717, 1.165) is 24.2 Å². The van der Waals surface area contributed by atoms with Crippen LogP contribution in [0.5, 0.6) is 17.2 Å². The summed E-state index contributed by atoms with van der Waals surface area (Å²) in [5.41, 5.74) is 1.89. The molecule has 0 aliphatic carbocycles. The second-order valence-corrected chi connectivity index (χ2v) is 7.32. The third kappa shape index (κ3) is 5.98. The standard InChI is InChI=1S/C24H29FN2O4/c1-4-5-18-6-9-22(23(15-18)30-3)31-17-24(28)27-12-10-26(11-13-27)16-19-7-8-21(29-2)20(25)14-19/h4-9,14-15H,10-13,16-17H2,1-3H3/b5-4+. The van der Waals surface area contributed by atoms with Crippen molar-refractivity contribution in [1.29, 1.82) is 0 Å². The molecule has 1 aliphatic heterocycles. The highest BCUT2D eigenvalue weighted by molar-refractivity contribution is 5.78. The molecule has 7 heteroatoms. The molecule has 1 heterocycles. The maximum atomic E-state index is 13.9. The van der Waals surface area contributed by atoms with Crippen LogP contribution in [0.3, 0.4) is 0 Å². The number of piperazine rings is 1. The second kappa shape index (κ2) is 10.8. The number of methoxy groups -OCH3 is 2. The van der Waals surface area contributed by atoms with Crippen molar-refractivity contribution in [3.05, 3.63) is 59.4 Å². The van der Waals surface area contributed by atoms with Gasteiger partial charge in [-0.3, -0.25) is 9.69 Å². The maximum absolute atomic E-state index is 13.9. The fourth-order valence-corrected chi connectivity index (χ4v) is 3.55. The zero-order valence-corrected chi connectivity index (χ0v) is 18.3. The van der Waals surface area contributed by atoms with Crippen molar-refractivity contribution in [1.82, 2.24) is 9.80 Å². The summed E-state index contributed by atoms with van der Waals surface area (Å²) >= 11 is 0. The molecule has 0 spiro atoms. The Hall–Kier alpha value is -3.06. The van der Waals surface area contributed by atoms with Crippen molar-refractivity contribution >= 4 is 12.0 Å². The van der Waals surface area contributed by atoms with E-state index in [0.29, 0.717) is 31.1 Å². The Labute approximate surface area is 182 Å². The summed E-state index contributed by atoms with van der Waals surface area (Å²) in [7, 11) is 3.03. The summed E-state index contributed by atoms with van der Waals surface area (Å²) in [4.78, 5) is 16.6. The van der Waals surface area contributed by atoms with Gasteiger partial charge in [0.25, 0.3) is 5.91 Å². The zero-order chi connectivity index (χ0) is 22.2. The average molecular weight is 429 g/mol. The Balaban J connectivity index is 1.48. The predicted octanol–water partition coefficient (Wildman–Crippen LogP) is 3.60. The van der Waals surface area contributed by atoms with Gasteiger partial charge < -0.3 is 19.1 Å². The van der Waals surface area contributed by atoms with Crippen LogP contribution in [-0.2, 0) is 11.3 Å². The molecule has 0 N–H and O–H groups in total. The molecule has 1 fully saturated rings. The van der Waals surface area contributed by atoms with E-state index in [-0.39, 0.29) is 24.1 Å². The highest BCUT2D eigenvalue weighted by Gasteiger charge is 2.22. The molecular weight excluding hydrogens is 399 g/mol. The highest BCUT2D eigenvalue weighted by atomic mass is 19.1. The Morgan fingerprint density at radius 3 is 2.35 bits per heavy atom. The van der Waals surface area contributed by atoms with E-state index in [1.807, 2.05) is 43.3 Å². The number of carbonyl (C=O) groups excluding carboxylic acids is 1. The van der Waals surface area contributed by atoms with E-state index >= 15 is 0 Å². The number of allylic oxidation sites excluding steroid dienone is 1.